The van der Waals surface area contributed by atoms with Gasteiger partial charge in [-0.3, -0.25) is 0 Å². The maximum atomic E-state index is 6.48. The van der Waals surface area contributed by atoms with Crippen LogP contribution in [0.25, 0.3) is 94.5 Å². The molecule has 0 saturated heterocycles. The van der Waals surface area contributed by atoms with Crippen LogP contribution < -0.4 is 0 Å². The number of nitrogens with zero attached hydrogens (tertiary/aromatic N) is 3. The summed E-state index contributed by atoms with van der Waals surface area (Å²) in [5.74, 6) is 0.642. The second-order valence-electron chi connectivity index (χ2n) is 14.6. The second kappa shape index (κ2) is 12.1. The first-order valence-electron chi connectivity index (χ1n) is 18.5. The lowest BCUT2D eigenvalue weighted by atomic mass is 9.82. The van der Waals surface area contributed by atoms with Crippen molar-refractivity contribution in [3.05, 3.63) is 175 Å². The molecule has 0 amide bonds. The van der Waals surface area contributed by atoms with Gasteiger partial charge in [0.1, 0.15) is 5.58 Å². The van der Waals surface area contributed by atoms with Crippen LogP contribution in [0.4, 0.5) is 0 Å². The van der Waals surface area contributed by atoms with Crippen LogP contribution in [0.15, 0.2) is 169 Å². The van der Waals surface area contributed by atoms with Gasteiger partial charge in [0.05, 0.1) is 22.1 Å². The number of fused-ring (bicyclic) bond motifs is 9. The molecule has 0 bridgehead atoms. The fourth-order valence-electron chi connectivity index (χ4n) is 8.54. The van der Waals surface area contributed by atoms with E-state index in [1.165, 1.54) is 38.5 Å². The van der Waals surface area contributed by atoms with E-state index in [4.69, 9.17) is 14.4 Å². The molecule has 258 valence electrons. The second-order valence-corrected chi connectivity index (χ2v) is 14.6. The van der Waals surface area contributed by atoms with Gasteiger partial charge in [0, 0.05) is 38.4 Å². The van der Waals surface area contributed by atoms with Crippen molar-refractivity contribution >= 4 is 49.6 Å². The molecule has 0 saturated carbocycles. The van der Waals surface area contributed by atoms with E-state index in [1.807, 2.05) is 54.6 Å². The van der Waals surface area contributed by atoms with E-state index in [1.54, 1.807) is 0 Å². The molecule has 0 unspecified atom stereocenters. The molecule has 6 aromatic carbocycles. The van der Waals surface area contributed by atoms with Crippen molar-refractivity contribution in [1.29, 1.82) is 0 Å². The molecule has 54 heavy (non-hydrogen) atoms. The van der Waals surface area contributed by atoms with E-state index in [-0.39, 0.29) is 5.41 Å². The van der Waals surface area contributed by atoms with E-state index in [0.29, 0.717) is 11.5 Å². The first-order valence-corrected chi connectivity index (χ1v) is 18.5. The number of hydrogen-bond acceptors (Lipinski definition) is 3. The number of allylic oxidation sites excluding steroid dienone is 5. The predicted molar refractivity (Wildman–Crippen MR) is 225 cm³/mol. The maximum Gasteiger partial charge on any atom is 0.231 e. The molecule has 0 N–H and O–H groups in total. The Labute approximate surface area is 314 Å². The van der Waals surface area contributed by atoms with E-state index >= 15 is 0 Å². The molecule has 4 nitrogen and oxygen atoms in total. The SMILES string of the molecule is C=C/C=C(\C=C/C)n1c2ccc(-c3ccc4oc5nc(-c6ccccc6)nc(-c6ccccc6)c5c4c3)cc2c2cc3c(cc21)C(C)(C)c1ccccc1-3. The number of benzene rings is 6. The van der Waals surface area contributed by atoms with Gasteiger partial charge in [-0.1, -0.05) is 130 Å². The van der Waals surface area contributed by atoms with Crippen LogP contribution in [0.3, 0.4) is 0 Å². The zero-order valence-corrected chi connectivity index (χ0v) is 30.5. The Morgan fingerprint density at radius 3 is 2.09 bits per heavy atom. The van der Waals surface area contributed by atoms with Crippen molar-refractivity contribution in [1.82, 2.24) is 14.5 Å². The highest BCUT2D eigenvalue weighted by atomic mass is 16.3. The number of aromatic nitrogens is 3. The van der Waals surface area contributed by atoms with E-state index < -0.39 is 0 Å². The maximum absolute atomic E-state index is 6.48. The highest BCUT2D eigenvalue weighted by molar-refractivity contribution is 6.15. The number of rotatable bonds is 6. The highest BCUT2D eigenvalue weighted by Gasteiger charge is 2.36. The molecular formula is C50H37N3O. The van der Waals surface area contributed by atoms with Crippen LogP contribution in [0.2, 0.25) is 0 Å². The van der Waals surface area contributed by atoms with Crippen LogP contribution in [-0.4, -0.2) is 14.5 Å². The molecule has 1 aliphatic carbocycles. The van der Waals surface area contributed by atoms with Gasteiger partial charge >= 0.3 is 0 Å². The summed E-state index contributed by atoms with van der Waals surface area (Å²) < 4.78 is 8.87. The predicted octanol–water partition coefficient (Wildman–Crippen LogP) is 13.4. The molecule has 9 aromatic rings. The topological polar surface area (TPSA) is 43.9 Å². The van der Waals surface area contributed by atoms with Crippen molar-refractivity contribution in [2.45, 2.75) is 26.2 Å². The first-order chi connectivity index (χ1) is 26.4. The van der Waals surface area contributed by atoms with Crippen LogP contribution in [0.1, 0.15) is 31.9 Å². The Morgan fingerprint density at radius 2 is 1.33 bits per heavy atom. The Balaban J connectivity index is 1.21. The van der Waals surface area contributed by atoms with Crippen LogP contribution >= 0.6 is 0 Å². The zero-order valence-electron chi connectivity index (χ0n) is 30.5. The summed E-state index contributed by atoms with van der Waals surface area (Å²) in [5.41, 5.74) is 15.1. The molecule has 0 fully saturated rings. The summed E-state index contributed by atoms with van der Waals surface area (Å²) in [5, 5.41) is 4.33. The highest BCUT2D eigenvalue weighted by Crippen LogP contribution is 2.51. The minimum absolute atomic E-state index is 0.109. The number of furan rings is 1. The molecule has 10 rings (SSSR count). The monoisotopic (exact) mass is 695 g/mol. The standard InChI is InChI=1S/C50H37N3O/c1-5-15-35(16-6-2)53-43-25-23-33(27-38(43)39-29-37-36-21-13-14-22-41(36)50(3,4)42(37)30-44(39)53)34-24-26-45-40(28-34)46-47(31-17-9-7-10-18-31)51-48(52-49(46)54-45)32-19-11-8-12-20-32/h5-30H,1H2,2-4H3/b16-6-,35-15+. The average molecular weight is 696 g/mol. The van der Waals surface area contributed by atoms with Crippen molar-refractivity contribution in [2.75, 3.05) is 0 Å². The fourth-order valence-corrected chi connectivity index (χ4v) is 8.54. The normalized spacial score (nSPS) is 13.7. The quantitative estimate of drug-likeness (QED) is 0.163. The summed E-state index contributed by atoms with van der Waals surface area (Å²) in [4.78, 5) is 10.1. The molecule has 0 radical (unpaired) electrons. The Hall–Kier alpha value is -6.78. The Kier molecular flexibility index (Phi) is 7.18. The van der Waals surface area contributed by atoms with Gasteiger partial charge in [0.15, 0.2) is 5.82 Å². The summed E-state index contributed by atoms with van der Waals surface area (Å²) >= 11 is 0. The third-order valence-electron chi connectivity index (χ3n) is 11.1. The lowest BCUT2D eigenvalue weighted by Crippen LogP contribution is -2.15. The lowest BCUT2D eigenvalue weighted by molar-refractivity contribution is 0.653. The minimum atomic E-state index is -0.109. The van der Waals surface area contributed by atoms with Gasteiger partial charge in [-0.2, -0.15) is 4.98 Å². The van der Waals surface area contributed by atoms with E-state index in [2.05, 4.69) is 135 Å². The molecule has 3 heterocycles. The van der Waals surface area contributed by atoms with Gasteiger partial charge < -0.3 is 8.98 Å². The van der Waals surface area contributed by atoms with Gasteiger partial charge in [-0.05, 0) is 88.9 Å². The molecular weight excluding hydrogens is 659 g/mol. The van der Waals surface area contributed by atoms with Crippen LogP contribution in [0.5, 0.6) is 0 Å². The summed E-state index contributed by atoms with van der Waals surface area (Å²) in [7, 11) is 0. The lowest BCUT2D eigenvalue weighted by Gasteiger charge is -2.21. The Morgan fingerprint density at radius 1 is 0.648 bits per heavy atom. The molecule has 0 atom stereocenters. The van der Waals surface area contributed by atoms with Crippen molar-refractivity contribution in [3.8, 4) is 44.9 Å². The van der Waals surface area contributed by atoms with Crippen LogP contribution in [-0.2, 0) is 5.41 Å². The third kappa shape index (κ3) is 4.77. The van der Waals surface area contributed by atoms with Gasteiger partial charge in [-0.25, -0.2) is 4.98 Å². The number of hydrogen-bond donors (Lipinski definition) is 0. The first kappa shape index (κ1) is 31.9. The largest absolute Gasteiger partial charge is 0.438 e. The molecule has 4 heteroatoms. The summed E-state index contributed by atoms with van der Waals surface area (Å²) in [6, 6.07) is 47.4. The minimum Gasteiger partial charge on any atom is -0.438 e. The molecule has 0 aliphatic heterocycles. The zero-order chi connectivity index (χ0) is 36.6. The molecule has 3 aromatic heterocycles. The average Bonchev–Trinajstić information content (AvgIpc) is 3.82. The van der Waals surface area contributed by atoms with Gasteiger partial charge in [-0.15, -0.1) is 0 Å². The van der Waals surface area contributed by atoms with Gasteiger partial charge in [0.2, 0.25) is 5.71 Å². The third-order valence-corrected chi connectivity index (χ3v) is 11.1. The van der Waals surface area contributed by atoms with Crippen LogP contribution in [0, 0.1) is 0 Å². The molecule has 1 aliphatic rings. The van der Waals surface area contributed by atoms with Gasteiger partial charge in [0.25, 0.3) is 0 Å². The molecule has 0 spiro atoms. The Bertz CT molecular complexity index is 3030. The van der Waals surface area contributed by atoms with E-state index in [0.717, 1.165) is 55.5 Å². The van der Waals surface area contributed by atoms with Crippen molar-refractivity contribution in [3.63, 3.8) is 0 Å². The van der Waals surface area contributed by atoms with E-state index in [9.17, 15) is 0 Å². The van der Waals surface area contributed by atoms with Crippen molar-refractivity contribution in [2.24, 2.45) is 0 Å². The summed E-state index contributed by atoms with van der Waals surface area (Å²) in [6.07, 6.45) is 8.22. The fraction of sp³-hybridized carbons (Fsp3) is 0.0800. The van der Waals surface area contributed by atoms with Crippen molar-refractivity contribution < 1.29 is 4.42 Å². The summed E-state index contributed by atoms with van der Waals surface area (Å²) in [6.45, 7) is 10.8. The smallest absolute Gasteiger partial charge is 0.231 e.